The lowest BCUT2D eigenvalue weighted by Crippen LogP contribution is -2.16. The third-order valence-corrected chi connectivity index (χ3v) is 7.28. The van der Waals surface area contributed by atoms with Gasteiger partial charge < -0.3 is 56.8 Å². The topological polar surface area (TPSA) is 128 Å². The van der Waals surface area contributed by atoms with Crippen LogP contribution in [0.4, 0.5) is 0 Å². The van der Waals surface area contributed by atoms with Gasteiger partial charge in [-0.1, -0.05) is 57.6 Å². The van der Waals surface area contributed by atoms with Gasteiger partial charge in [-0.05, 0) is 30.5 Å². The maximum atomic E-state index is 10.9. The number of carbonyl (C=O) groups is 1. The molecule has 0 amide bonds. The number of esters is 1. The summed E-state index contributed by atoms with van der Waals surface area (Å²) in [6, 6.07) is 8.44. The molecule has 13 nitrogen and oxygen atoms in total. The average Bonchev–Trinajstić information content (AvgIpc) is 3.15. The molecule has 0 unspecified atom stereocenters. The van der Waals surface area contributed by atoms with E-state index in [0.29, 0.717) is 132 Å². The first-order valence-corrected chi connectivity index (χ1v) is 18.8. The maximum absolute atomic E-state index is 10.9. The highest BCUT2D eigenvalue weighted by atomic mass is 16.6. The molecule has 51 heavy (non-hydrogen) atoms. The van der Waals surface area contributed by atoms with Gasteiger partial charge in [0.15, 0.2) is 0 Å². The molecule has 0 bridgehead atoms. The summed E-state index contributed by atoms with van der Waals surface area (Å²) in [6.07, 6.45) is 10.5. The van der Waals surface area contributed by atoms with E-state index in [-0.39, 0.29) is 6.61 Å². The van der Waals surface area contributed by atoms with Gasteiger partial charge in [0, 0.05) is 0 Å². The van der Waals surface area contributed by atoms with Gasteiger partial charge in [0.25, 0.3) is 0 Å². The van der Waals surface area contributed by atoms with Crippen molar-refractivity contribution >= 4 is 5.97 Å². The van der Waals surface area contributed by atoms with Crippen LogP contribution < -0.4 is 4.74 Å². The van der Waals surface area contributed by atoms with Crippen molar-refractivity contribution in [2.24, 2.45) is 0 Å². The van der Waals surface area contributed by atoms with Crippen LogP contribution in [-0.4, -0.2) is 152 Å². The Morgan fingerprint density at radius 1 is 0.431 bits per heavy atom. The Balaban J connectivity index is 1.69. The molecular weight excluding hydrogens is 664 g/mol. The summed E-state index contributed by atoms with van der Waals surface area (Å²) in [5.74, 6) is 0.477. The predicted molar refractivity (Wildman–Crippen MR) is 194 cm³/mol. The molecular formula is C38H68O13. The van der Waals surface area contributed by atoms with Crippen molar-refractivity contribution < 1.29 is 61.6 Å². The largest absolute Gasteiger partial charge is 0.491 e. The van der Waals surface area contributed by atoms with Gasteiger partial charge in [0.05, 0.1) is 133 Å². The summed E-state index contributed by atoms with van der Waals surface area (Å²) >= 11 is 0. The third kappa shape index (κ3) is 34.9. The normalized spacial score (nSPS) is 11.3. The summed E-state index contributed by atoms with van der Waals surface area (Å²) in [5, 5.41) is 0. The molecule has 1 aromatic rings. The van der Waals surface area contributed by atoms with E-state index in [9.17, 15) is 4.79 Å². The zero-order chi connectivity index (χ0) is 36.6. The molecule has 0 heterocycles. The molecule has 13 heteroatoms. The number of hydrogen-bond donors (Lipinski definition) is 0. The summed E-state index contributed by atoms with van der Waals surface area (Å²) in [5.41, 5.74) is 1.38. The second-order valence-electron chi connectivity index (χ2n) is 11.5. The van der Waals surface area contributed by atoms with Crippen molar-refractivity contribution in [1.82, 2.24) is 0 Å². The van der Waals surface area contributed by atoms with Crippen LogP contribution in [0.3, 0.4) is 0 Å². The zero-order valence-electron chi connectivity index (χ0n) is 31.6. The van der Waals surface area contributed by atoms with Crippen LogP contribution in [-0.2, 0) is 63.3 Å². The molecule has 0 spiro atoms. The fraction of sp³-hybridized carbons (Fsp3) is 0.816. The Kier molecular flexibility index (Phi) is 36.3. The van der Waals surface area contributed by atoms with E-state index in [2.05, 4.69) is 35.9 Å². The number of aryl methyl sites for hydroxylation is 1. The van der Waals surface area contributed by atoms with Gasteiger partial charge in [-0.2, -0.15) is 0 Å². The molecule has 0 saturated carbocycles. The van der Waals surface area contributed by atoms with Gasteiger partial charge >= 0.3 is 5.97 Å². The van der Waals surface area contributed by atoms with E-state index in [1.165, 1.54) is 57.6 Å². The minimum atomic E-state index is -0.406. The molecule has 0 aliphatic carbocycles. The lowest BCUT2D eigenvalue weighted by molar-refractivity contribution is -0.146. The first-order chi connectivity index (χ1) is 25.3. The summed E-state index contributed by atoms with van der Waals surface area (Å²) in [7, 11) is 1.32. The standard InChI is InChI=1S/C38H68O13/c1-3-4-5-6-7-8-9-10-36-11-13-37(14-12-36)51-34-33-49-30-29-47-26-25-45-22-21-43-18-17-41-15-16-42-19-20-44-23-24-46-27-28-48-31-32-50-35-38(39)40-2/h11-14H,3-10,15-35H2,1-2H3. The Morgan fingerprint density at radius 3 is 1.14 bits per heavy atom. The van der Waals surface area contributed by atoms with Crippen LogP contribution in [0, 0.1) is 0 Å². The quantitative estimate of drug-likeness (QED) is 0.0683. The minimum absolute atomic E-state index is 0.0694. The predicted octanol–water partition coefficient (Wildman–Crippen LogP) is 4.70. The van der Waals surface area contributed by atoms with Crippen LogP contribution in [0.1, 0.15) is 57.4 Å². The number of rotatable bonds is 41. The van der Waals surface area contributed by atoms with E-state index in [1.54, 1.807) is 0 Å². The molecule has 0 aliphatic rings. The smallest absolute Gasteiger partial charge is 0.331 e. The Hall–Kier alpha value is -1.91. The zero-order valence-corrected chi connectivity index (χ0v) is 31.6. The summed E-state index contributed by atoms with van der Waals surface area (Å²) in [6.45, 7) is 11.9. The molecule has 1 rings (SSSR count). The Morgan fingerprint density at radius 2 is 0.765 bits per heavy atom. The van der Waals surface area contributed by atoms with E-state index in [4.69, 9.17) is 52.1 Å². The van der Waals surface area contributed by atoms with E-state index in [0.717, 1.165) is 12.2 Å². The monoisotopic (exact) mass is 732 g/mol. The molecule has 0 aromatic heterocycles. The number of hydrogen-bond acceptors (Lipinski definition) is 13. The molecule has 0 N–H and O–H groups in total. The molecule has 0 radical (unpaired) electrons. The number of carbonyl (C=O) groups excluding carboxylic acids is 1. The van der Waals surface area contributed by atoms with Crippen LogP contribution in [0.25, 0.3) is 0 Å². The second-order valence-corrected chi connectivity index (χ2v) is 11.5. The molecule has 0 saturated heterocycles. The number of ether oxygens (including phenoxy) is 12. The molecule has 0 aliphatic heterocycles. The first kappa shape index (κ1) is 47.1. The third-order valence-electron chi connectivity index (χ3n) is 7.28. The minimum Gasteiger partial charge on any atom is -0.491 e. The number of methoxy groups -OCH3 is 1. The van der Waals surface area contributed by atoms with Crippen LogP contribution >= 0.6 is 0 Å². The van der Waals surface area contributed by atoms with Gasteiger partial charge in [0.2, 0.25) is 0 Å². The molecule has 298 valence electrons. The lowest BCUT2D eigenvalue weighted by Gasteiger charge is -2.09. The van der Waals surface area contributed by atoms with Gasteiger partial charge in [-0.3, -0.25) is 0 Å². The van der Waals surface area contributed by atoms with Crippen LogP contribution in [0.5, 0.6) is 5.75 Å². The van der Waals surface area contributed by atoms with E-state index >= 15 is 0 Å². The Labute approximate surface area is 307 Å². The Bertz CT molecular complexity index is 844. The lowest BCUT2D eigenvalue weighted by atomic mass is 10.0. The number of benzene rings is 1. The van der Waals surface area contributed by atoms with Crippen molar-refractivity contribution in [1.29, 1.82) is 0 Å². The van der Waals surface area contributed by atoms with Crippen molar-refractivity contribution in [2.75, 3.05) is 146 Å². The number of unbranched alkanes of at least 4 members (excludes halogenated alkanes) is 6. The van der Waals surface area contributed by atoms with Crippen molar-refractivity contribution in [3.8, 4) is 5.75 Å². The second kappa shape index (κ2) is 39.3. The van der Waals surface area contributed by atoms with Gasteiger partial charge in [-0.25, -0.2) is 4.79 Å². The van der Waals surface area contributed by atoms with Crippen LogP contribution in [0.15, 0.2) is 24.3 Å². The highest BCUT2D eigenvalue weighted by Crippen LogP contribution is 2.15. The summed E-state index contributed by atoms with van der Waals surface area (Å²) < 4.78 is 64.6. The molecule has 0 fully saturated rings. The van der Waals surface area contributed by atoms with Gasteiger partial charge in [-0.15, -0.1) is 0 Å². The van der Waals surface area contributed by atoms with E-state index < -0.39 is 5.97 Å². The average molecular weight is 733 g/mol. The van der Waals surface area contributed by atoms with Crippen molar-refractivity contribution in [2.45, 2.75) is 58.3 Å². The fourth-order valence-electron chi connectivity index (χ4n) is 4.45. The SMILES string of the molecule is CCCCCCCCCc1ccc(OCCOCCOCCOCCOCCOCCOCCOCCOCCOCCOCC(=O)OC)cc1. The van der Waals surface area contributed by atoms with E-state index in [1.807, 2.05) is 0 Å². The highest BCUT2D eigenvalue weighted by molar-refractivity contribution is 5.70. The molecule has 1 aromatic carbocycles. The van der Waals surface area contributed by atoms with Gasteiger partial charge in [0.1, 0.15) is 19.0 Å². The summed E-state index contributed by atoms with van der Waals surface area (Å²) in [4.78, 5) is 10.9. The first-order valence-electron chi connectivity index (χ1n) is 18.8. The maximum Gasteiger partial charge on any atom is 0.331 e. The fourth-order valence-corrected chi connectivity index (χ4v) is 4.45. The molecule has 0 atom stereocenters. The van der Waals surface area contributed by atoms with Crippen LogP contribution in [0.2, 0.25) is 0 Å². The van der Waals surface area contributed by atoms with Crippen molar-refractivity contribution in [3.63, 3.8) is 0 Å². The van der Waals surface area contributed by atoms with Crippen molar-refractivity contribution in [3.05, 3.63) is 29.8 Å². The highest BCUT2D eigenvalue weighted by Gasteiger charge is 2.00.